The molecule has 124 valence electrons. The average molecular weight is 327 g/mol. The van der Waals surface area contributed by atoms with Crippen molar-refractivity contribution >= 4 is 5.95 Å². The molecular formula is C15H16F3N3O2. The molecule has 0 spiro atoms. The summed E-state index contributed by atoms with van der Waals surface area (Å²) in [5.74, 6) is 1.16. The summed E-state index contributed by atoms with van der Waals surface area (Å²) in [4.78, 5) is 7.22. The monoisotopic (exact) mass is 327 g/mol. The van der Waals surface area contributed by atoms with Gasteiger partial charge >= 0.3 is 6.18 Å². The zero-order valence-electron chi connectivity index (χ0n) is 12.6. The molecule has 1 N–H and O–H groups in total. The summed E-state index contributed by atoms with van der Waals surface area (Å²) in [6.07, 6.45) is -2.84. The van der Waals surface area contributed by atoms with E-state index in [1.807, 2.05) is 12.1 Å². The number of nitrogens with zero attached hydrogens (tertiary/aromatic N) is 2. The molecule has 0 aliphatic heterocycles. The maximum Gasteiger partial charge on any atom is 0.433 e. The van der Waals surface area contributed by atoms with Gasteiger partial charge in [-0.1, -0.05) is 6.07 Å². The molecule has 1 heterocycles. The Morgan fingerprint density at radius 3 is 2.48 bits per heavy atom. The zero-order valence-corrected chi connectivity index (χ0v) is 12.6. The summed E-state index contributed by atoms with van der Waals surface area (Å²) >= 11 is 0. The first-order valence-corrected chi connectivity index (χ1v) is 6.79. The molecule has 8 heteroatoms. The van der Waals surface area contributed by atoms with Crippen LogP contribution in [0.25, 0.3) is 0 Å². The minimum absolute atomic E-state index is 0.0553. The Labute approximate surface area is 131 Å². The number of benzene rings is 1. The van der Waals surface area contributed by atoms with Crippen molar-refractivity contribution in [2.24, 2.45) is 0 Å². The van der Waals surface area contributed by atoms with Gasteiger partial charge in [-0.3, -0.25) is 0 Å². The average Bonchev–Trinajstić information content (AvgIpc) is 2.54. The second-order valence-electron chi connectivity index (χ2n) is 4.63. The fourth-order valence-corrected chi connectivity index (χ4v) is 1.96. The maximum atomic E-state index is 12.6. The quantitative estimate of drug-likeness (QED) is 0.883. The van der Waals surface area contributed by atoms with Gasteiger partial charge in [-0.25, -0.2) is 9.97 Å². The van der Waals surface area contributed by atoms with Crippen molar-refractivity contribution < 1.29 is 22.6 Å². The number of methoxy groups -OCH3 is 2. The highest BCUT2D eigenvalue weighted by Gasteiger charge is 2.32. The molecule has 0 saturated carbocycles. The van der Waals surface area contributed by atoms with E-state index in [1.54, 1.807) is 13.2 Å². The van der Waals surface area contributed by atoms with Crippen LogP contribution in [0.3, 0.4) is 0 Å². The van der Waals surface area contributed by atoms with Crippen molar-refractivity contribution in [1.82, 2.24) is 9.97 Å². The Bertz CT molecular complexity index is 663. The fraction of sp³-hybridized carbons (Fsp3) is 0.333. The summed E-state index contributed by atoms with van der Waals surface area (Å²) in [6, 6.07) is 6.28. The van der Waals surface area contributed by atoms with Crippen LogP contribution in [0.1, 0.15) is 11.3 Å². The van der Waals surface area contributed by atoms with Gasteiger partial charge in [0.2, 0.25) is 5.95 Å². The first kappa shape index (κ1) is 16.9. The summed E-state index contributed by atoms with van der Waals surface area (Å²) in [7, 11) is 3.08. The van der Waals surface area contributed by atoms with Crippen molar-refractivity contribution in [3.05, 3.63) is 41.7 Å². The lowest BCUT2D eigenvalue weighted by Gasteiger charge is -2.11. The lowest BCUT2D eigenvalue weighted by molar-refractivity contribution is -0.141. The molecule has 1 aromatic carbocycles. The SMILES string of the molecule is COc1ccc(CCNc2nccc(C(F)(F)F)n2)cc1OC. The standard InChI is InChI=1S/C15H16F3N3O2/c1-22-11-4-3-10(9-12(11)23-2)5-7-19-14-20-8-6-13(21-14)15(16,17)18/h3-4,6,8-9H,5,7H2,1-2H3,(H,19,20,21). The second-order valence-corrected chi connectivity index (χ2v) is 4.63. The van der Waals surface area contributed by atoms with Crippen LogP contribution in [0.15, 0.2) is 30.5 Å². The molecule has 5 nitrogen and oxygen atoms in total. The number of ether oxygens (including phenoxy) is 2. The Hall–Kier alpha value is -2.51. The Morgan fingerprint density at radius 2 is 1.83 bits per heavy atom. The van der Waals surface area contributed by atoms with Gasteiger partial charge in [0.15, 0.2) is 11.5 Å². The van der Waals surface area contributed by atoms with Crippen LogP contribution in [-0.4, -0.2) is 30.7 Å². The van der Waals surface area contributed by atoms with Crippen LogP contribution >= 0.6 is 0 Å². The molecular weight excluding hydrogens is 311 g/mol. The molecule has 0 bridgehead atoms. The van der Waals surface area contributed by atoms with Gasteiger partial charge in [0.25, 0.3) is 0 Å². The highest BCUT2D eigenvalue weighted by Crippen LogP contribution is 2.28. The van der Waals surface area contributed by atoms with E-state index in [0.717, 1.165) is 17.8 Å². The Balaban J connectivity index is 1.97. The Kier molecular flexibility index (Phi) is 5.25. The molecule has 2 rings (SSSR count). The molecule has 23 heavy (non-hydrogen) atoms. The predicted octanol–water partition coefficient (Wildman–Crippen LogP) is 3.17. The summed E-state index contributed by atoms with van der Waals surface area (Å²) < 4.78 is 48.0. The summed E-state index contributed by atoms with van der Waals surface area (Å²) in [5, 5.41) is 2.78. The fourth-order valence-electron chi connectivity index (χ4n) is 1.96. The van der Waals surface area contributed by atoms with Crippen LogP contribution in [0.4, 0.5) is 19.1 Å². The van der Waals surface area contributed by atoms with Crippen molar-refractivity contribution in [2.45, 2.75) is 12.6 Å². The molecule has 0 aliphatic carbocycles. The van der Waals surface area contributed by atoms with E-state index in [2.05, 4.69) is 15.3 Å². The van der Waals surface area contributed by atoms with E-state index in [1.165, 1.54) is 7.11 Å². The van der Waals surface area contributed by atoms with E-state index in [4.69, 9.17) is 9.47 Å². The molecule has 0 unspecified atom stereocenters. The third-order valence-electron chi connectivity index (χ3n) is 3.09. The molecule has 0 amide bonds. The third-order valence-corrected chi connectivity index (χ3v) is 3.09. The molecule has 2 aromatic rings. The molecule has 0 saturated heterocycles. The highest BCUT2D eigenvalue weighted by molar-refractivity contribution is 5.43. The zero-order chi connectivity index (χ0) is 16.9. The van der Waals surface area contributed by atoms with Crippen molar-refractivity contribution in [2.75, 3.05) is 26.1 Å². The first-order chi connectivity index (χ1) is 10.9. The second kappa shape index (κ2) is 7.17. The number of alkyl halides is 3. The number of nitrogens with one attached hydrogen (secondary N) is 1. The Morgan fingerprint density at radius 1 is 1.09 bits per heavy atom. The van der Waals surface area contributed by atoms with Crippen molar-refractivity contribution in [3.63, 3.8) is 0 Å². The molecule has 0 radical (unpaired) electrons. The van der Waals surface area contributed by atoms with Gasteiger partial charge in [0, 0.05) is 12.7 Å². The van der Waals surface area contributed by atoms with Crippen LogP contribution in [0.2, 0.25) is 0 Å². The van der Waals surface area contributed by atoms with E-state index in [9.17, 15) is 13.2 Å². The van der Waals surface area contributed by atoms with Gasteiger partial charge in [0.1, 0.15) is 5.69 Å². The van der Waals surface area contributed by atoms with Crippen LogP contribution in [-0.2, 0) is 12.6 Å². The molecule has 0 aliphatic rings. The van der Waals surface area contributed by atoms with Gasteiger partial charge < -0.3 is 14.8 Å². The van der Waals surface area contributed by atoms with Crippen LogP contribution in [0.5, 0.6) is 11.5 Å². The molecule has 1 aromatic heterocycles. The number of halogens is 3. The van der Waals surface area contributed by atoms with E-state index < -0.39 is 11.9 Å². The minimum atomic E-state index is -4.48. The van der Waals surface area contributed by atoms with E-state index in [0.29, 0.717) is 24.5 Å². The normalized spacial score (nSPS) is 11.2. The lowest BCUT2D eigenvalue weighted by Crippen LogP contribution is -2.13. The van der Waals surface area contributed by atoms with Gasteiger partial charge in [-0.15, -0.1) is 0 Å². The minimum Gasteiger partial charge on any atom is -0.493 e. The number of aromatic nitrogens is 2. The summed E-state index contributed by atoms with van der Waals surface area (Å²) in [5.41, 5.74) is -0.0248. The first-order valence-electron chi connectivity index (χ1n) is 6.79. The van der Waals surface area contributed by atoms with Crippen molar-refractivity contribution in [3.8, 4) is 11.5 Å². The topological polar surface area (TPSA) is 56.3 Å². The maximum absolute atomic E-state index is 12.6. The predicted molar refractivity (Wildman–Crippen MR) is 78.8 cm³/mol. The van der Waals surface area contributed by atoms with Crippen LogP contribution < -0.4 is 14.8 Å². The van der Waals surface area contributed by atoms with Gasteiger partial charge in [0.05, 0.1) is 14.2 Å². The number of hydrogen-bond donors (Lipinski definition) is 1. The number of anilines is 1. The largest absolute Gasteiger partial charge is 0.493 e. The van der Waals surface area contributed by atoms with E-state index in [-0.39, 0.29) is 5.95 Å². The summed E-state index contributed by atoms with van der Waals surface area (Å²) in [6.45, 7) is 0.386. The molecule has 0 fully saturated rings. The number of hydrogen-bond acceptors (Lipinski definition) is 5. The smallest absolute Gasteiger partial charge is 0.433 e. The van der Waals surface area contributed by atoms with Gasteiger partial charge in [-0.05, 0) is 30.2 Å². The van der Waals surface area contributed by atoms with E-state index >= 15 is 0 Å². The number of rotatable bonds is 6. The van der Waals surface area contributed by atoms with Crippen LogP contribution in [0, 0.1) is 0 Å². The van der Waals surface area contributed by atoms with Gasteiger partial charge in [-0.2, -0.15) is 13.2 Å². The third kappa shape index (κ3) is 4.48. The lowest BCUT2D eigenvalue weighted by atomic mass is 10.1. The van der Waals surface area contributed by atoms with Crippen molar-refractivity contribution in [1.29, 1.82) is 0 Å². The highest BCUT2D eigenvalue weighted by atomic mass is 19.4. The molecule has 0 atom stereocenters.